The first kappa shape index (κ1) is 15.1. The molecule has 1 aromatic carbocycles. The Labute approximate surface area is 123 Å². The minimum Gasteiger partial charge on any atom is -0.356 e. The molecule has 2 unspecified atom stereocenters. The molecule has 1 saturated heterocycles. The van der Waals surface area contributed by atoms with E-state index in [2.05, 4.69) is 63.8 Å². The molecular weight excluding hydrogens is 244 g/mol. The van der Waals surface area contributed by atoms with Crippen molar-refractivity contribution in [1.82, 2.24) is 4.90 Å². The van der Waals surface area contributed by atoms with Gasteiger partial charge in [0.15, 0.2) is 0 Å². The van der Waals surface area contributed by atoms with Crippen LogP contribution in [0, 0.1) is 17.2 Å². The lowest BCUT2D eigenvalue weighted by Gasteiger charge is -2.36. The van der Waals surface area contributed by atoms with Crippen LogP contribution in [0.15, 0.2) is 24.3 Å². The van der Waals surface area contributed by atoms with E-state index in [1.807, 2.05) is 0 Å². The summed E-state index contributed by atoms with van der Waals surface area (Å²) in [7, 11) is 0. The van der Waals surface area contributed by atoms with Gasteiger partial charge in [-0.1, -0.05) is 58.9 Å². The van der Waals surface area contributed by atoms with Crippen molar-refractivity contribution in [2.24, 2.45) is 11.8 Å². The Morgan fingerprint density at radius 2 is 1.55 bits per heavy atom. The third kappa shape index (κ3) is 3.41. The maximum atomic E-state index is 8.46. The lowest BCUT2D eigenvalue weighted by Crippen LogP contribution is -2.42. The van der Waals surface area contributed by atoms with Crippen molar-refractivity contribution in [2.75, 3.05) is 13.1 Å². The number of likely N-dealkylation sites (tertiary alicyclic amines) is 1. The van der Waals surface area contributed by atoms with Crippen LogP contribution < -0.4 is 0 Å². The van der Waals surface area contributed by atoms with Crippen LogP contribution in [0.5, 0.6) is 0 Å². The summed E-state index contributed by atoms with van der Waals surface area (Å²) in [6, 6.07) is 8.54. The second kappa shape index (κ2) is 5.59. The van der Waals surface area contributed by atoms with E-state index < -0.39 is 0 Å². The Morgan fingerprint density at radius 3 is 2.00 bits per heavy atom. The van der Waals surface area contributed by atoms with Gasteiger partial charge in [-0.25, -0.2) is 0 Å². The van der Waals surface area contributed by atoms with Gasteiger partial charge in [0.25, 0.3) is 0 Å². The van der Waals surface area contributed by atoms with E-state index in [4.69, 9.17) is 5.41 Å². The smallest absolute Gasteiger partial charge is 0.128 e. The van der Waals surface area contributed by atoms with Crippen LogP contribution in [-0.2, 0) is 5.41 Å². The van der Waals surface area contributed by atoms with E-state index >= 15 is 0 Å². The third-order valence-corrected chi connectivity index (χ3v) is 4.21. The number of nitrogens with one attached hydrogen (secondary N) is 1. The Morgan fingerprint density at radius 1 is 1.05 bits per heavy atom. The highest BCUT2D eigenvalue weighted by atomic mass is 15.2. The van der Waals surface area contributed by atoms with Crippen LogP contribution in [0.3, 0.4) is 0 Å². The lowest BCUT2D eigenvalue weighted by molar-refractivity contribution is 0.213. The molecule has 1 aliphatic rings. The van der Waals surface area contributed by atoms with Crippen molar-refractivity contribution in [3.8, 4) is 0 Å². The zero-order valence-electron chi connectivity index (χ0n) is 13.5. The number of nitrogens with zero attached hydrogens (tertiary/aromatic N) is 1. The highest BCUT2D eigenvalue weighted by Gasteiger charge is 2.24. The number of amidine groups is 1. The maximum Gasteiger partial charge on any atom is 0.128 e. The minimum absolute atomic E-state index is 0.175. The quantitative estimate of drug-likeness (QED) is 0.599. The van der Waals surface area contributed by atoms with Crippen molar-refractivity contribution in [1.29, 1.82) is 5.41 Å². The van der Waals surface area contributed by atoms with Gasteiger partial charge in [-0.05, 0) is 29.2 Å². The standard InChI is InChI=1S/C18H28N2/c1-13-10-14(2)12-20(11-13)17(19)15-6-8-16(9-7-15)18(3,4)5/h6-9,13-14,19H,10-12H2,1-5H3. The Kier molecular flexibility index (Phi) is 4.22. The van der Waals surface area contributed by atoms with Crippen molar-refractivity contribution < 1.29 is 0 Å². The molecule has 0 aliphatic carbocycles. The summed E-state index contributed by atoms with van der Waals surface area (Å²) < 4.78 is 0. The van der Waals surface area contributed by atoms with E-state index in [-0.39, 0.29) is 5.41 Å². The van der Waals surface area contributed by atoms with Gasteiger partial charge in [0, 0.05) is 18.7 Å². The highest BCUT2D eigenvalue weighted by Crippen LogP contribution is 2.25. The largest absolute Gasteiger partial charge is 0.356 e. The molecule has 0 radical (unpaired) electrons. The topological polar surface area (TPSA) is 27.1 Å². The van der Waals surface area contributed by atoms with Crippen LogP contribution in [-0.4, -0.2) is 23.8 Å². The van der Waals surface area contributed by atoms with Crippen molar-refractivity contribution in [3.63, 3.8) is 0 Å². The number of hydrogen-bond acceptors (Lipinski definition) is 1. The SMILES string of the molecule is CC1CC(C)CN(C(=N)c2ccc(C(C)(C)C)cc2)C1. The average Bonchev–Trinajstić information content (AvgIpc) is 2.36. The van der Waals surface area contributed by atoms with Crippen molar-refractivity contribution in [2.45, 2.75) is 46.5 Å². The first-order chi connectivity index (χ1) is 9.27. The molecule has 2 nitrogen and oxygen atoms in total. The molecule has 1 aliphatic heterocycles. The summed E-state index contributed by atoms with van der Waals surface area (Å²) >= 11 is 0. The van der Waals surface area contributed by atoms with Gasteiger partial charge in [-0.15, -0.1) is 0 Å². The zero-order chi connectivity index (χ0) is 14.9. The van der Waals surface area contributed by atoms with Crippen molar-refractivity contribution in [3.05, 3.63) is 35.4 Å². The monoisotopic (exact) mass is 272 g/mol. The average molecular weight is 272 g/mol. The summed E-state index contributed by atoms with van der Waals surface area (Å²) in [5, 5.41) is 8.46. The molecule has 0 aromatic heterocycles. The molecule has 1 aromatic rings. The van der Waals surface area contributed by atoms with Gasteiger partial charge >= 0.3 is 0 Å². The fourth-order valence-electron chi connectivity index (χ4n) is 3.16. The predicted octanol–water partition coefficient (Wildman–Crippen LogP) is 4.29. The van der Waals surface area contributed by atoms with Crippen LogP contribution in [0.25, 0.3) is 0 Å². The van der Waals surface area contributed by atoms with Gasteiger partial charge in [0.05, 0.1) is 0 Å². The molecule has 110 valence electrons. The Balaban J connectivity index is 2.13. The third-order valence-electron chi connectivity index (χ3n) is 4.21. The summed E-state index contributed by atoms with van der Waals surface area (Å²) in [6.45, 7) is 13.3. The van der Waals surface area contributed by atoms with E-state index in [0.29, 0.717) is 17.7 Å². The molecule has 1 heterocycles. The second-order valence-electron chi connectivity index (χ2n) is 7.53. The fraction of sp³-hybridized carbons (Fsp3) is 0.611. The Hall–Kier alpha value is -1.31. The summed E-state index contributed by atoms with van der Waals surface area (Å²) in [5.74, 6) is 2.06. The number of hydrogen-bond donors (Lipinski definition) is 1. The predicted molar refractivity (Wildman–Crippen MR) is 86.5 cm³/mol. The molecule has 0 saturated carbocycles. The number of rotatable bonds is 1. The van der Waals surface area contributed by atoms with Gasteiger partial charge in [0.1, 0.15) is 5.84 Å². The zero-order valence-corrected chi connectivity index (χ0v) is 13.5. The Bertz CT molecular complexity index is 457. The fourth-order valence-corrected chi connectivity index (χ4v) is 3.16. The first-order valence-corrected chi connectivity index (χ1v) is 7.72. The number of benzene rings is 1. The first-order valence-electron chi connectivity index (χ1n) is 7.72. The maximum absolute atomic E-state index is 8.46. The highest BCUT2D eigenvalue weighted by molar-refractivity contribution is 5.96. The molecular formula is C18H28N2. The molecule has 0 amide bonds. The van der Waals surface area contributed by atoms with E-state index in [9.17, 15) is 0 Å². The molecule has 0 spiro atoms. The molecule has 20 heavy (non-hydrogen) atoms. The van der Waals surface area contributed by atoms with Crippen molar-refractivity contribution >= 4 is 5.84 Å². The second-order valence-corrected chi connectivity index (χ2v) is 7.53. The van der Waals surface area contributed by atoms with Gasteiger partial charge in [-0.2, -0.15) is 0 Å². The minimum atomic E-state index is 0.175. The van der Waals surface area contributed by atoms with Gasteiger partial charge < -0.3 is 4.90 Å². The molecule has 2 rings (SSSR count). The lowest BCUT2D eigenvalue weighted by atomic mass is 9.86. The van der Waals surface area contributed by atoms with Crippen LogP contribution in [0.2, 0.25) is 0 Å². The van der Waals surface area contributed by atoms with Gasteiger partial charge in [0.2, 0.25) is 0 Å². The number of piperidine rings is 1. The van der Waals surface area contributed by atoms with Crippen LogP contribution >= 0.6 is 0 Å². The van der Waals surface area contributed by atoms with E-state index in [1.54, 1.807) is 0 Å². The summed E-state index contributed by atoms with van der Waals surface area (Å²) in [5.41, 5.74) is 2.54. The molecule has 2 heteroatoms. The summed E-state index contributed by atoms with van der Waals surface area (Å²) in [4.78, 5) is 2.24. The molecule has 1 N–H and O–H groups in total. The summed E-state index contributed by atoms with van der Waals surface area (Å²) in [6.07, 6.45) is 1.28. The molecule has 0 bridgehead atoms. The van der Waals surface area contributed by atoms with Crippen LogP contribution in [0.4, 0.5) is 0 Å². The van der Waals surface area contributed by atoms with E-state index in [1.165, 1.54) is 12.0 Å². The van der Waals surface area contributed by atoms with Crippen LogP contribution in [0.1, 0.15) is 52.2 Å². The molecule has 1 fully saturated rings. The van der Waals surface area contributed by atoms with E-state index in [0.717, 1.165) is 18.7 Å². The molecule has 2 atom stereocenters. The normalized spacial score (nSPS) is 23.8. The van der Waals surface area contributed by atoms with Gasteiger partial charge in [-0.3, -0.25) is 5.41 Å².